The lowest BCUT2D eigenvalue weighted by Crippen LogP contribution is -2.46. The lowest BCUT2D eigenvalue weighted by molar-refractivity contribution is -0.189. The molecule has 0 aliphatic heterocycles. The van der Waals surface area contributed by atoms with Gasteiger partial charge in [0.05, 0.1) is 5.92 Å². The maximum atomic E-state index is 13.1. The van der Waals surface area contributed by atoms with Crippen LogP contribution in [0.3, 0.4) is 0 Å². The molecular weight excluding hydrogens is 378 g/mol. The van der Waals surface area contributed by atoms with Crippen LogP contribution in [-0.4, -0.2) is 12.2 Å². The van der Waals surface area contributed by atoms with Crippen molar-refractivity contribution in [1.29, 1.82) is 0 Å². The van der Waals surface area contributed by atoms with Crippen molar-refractivity contribution >= 4 is 22.6 Å². The van der Waals surface area contributed by atoms with Gasteiger partial charge in [0.15, 0.2) is 0 Å². The second-order valence-electron chi connectivity index (χ2n) is 5.48. The second kappa shape index (κ2) is 6.64. The number of alkyl halides is 3. The van der Waals surface area contributed by atoms with Crippen molar-refractivity contribution in [3.63, 3.8) is 0 Å². The van der Waals surface area contributed by atoms with Crippen molar-refractivity contribution in [1.82, 2.24) is 5.32 Å². The molecule has 1 fully saturated rings. The number of rotatable bonds is 3. The summed E-state index contributed by atoms with van der Waals surface area (Å²) in [5.41, 5.74) is 1.04. The molecule has 1 aliphatic rings. The van der Waals surface area contributed by atoms with Crippen molar-refractivity contribution in [2.75, 3.05) is 0 Å². The number of benzene rings is 1. The molecule has 1 nitrogen and oxygen atoms in total. The van der Waals surface area contributed by atoms with Crippen LogP contribution in [0.15, 0.2) is 24.3 Å². The van der Waals surface area contributed by atoms with Gasteiger partial charge in [0.1, 0.15) is 0 Å². The molecule has 112 valence electrons. The predicted molar refractivity (Wildman–Crippen MR) is 82.5 cm³/mol. The Labute approximate surface area is 131 Å². The van der Waals surface area contributed by atoms with E-state index in [1.165, 1.54) is 0 Å². The monoisotopic (exact) mass is 397 g/mol. The van der Waals surface area contributed by atoms with Crippen LogP contribution in [0.1, 0.15) is 44.2 Å². The van der Waals surface area contributed by atoms with Crippen molar-refractivity contribution in [3.8, 4) is 0 Å². The Balaban J connectivity index is 2.05. The minimum Gasteiger partial charge on any atom is -0.307 e. The Bertz CT molecular complexity index is 430. The summed E-state index contributed by atoms with van der Waals surface area (Å²) in [6.07, 6.45) is -1.67. The standard InChI is InChI=1S/C15H19F3IN/c1-10(11-6-8-12(19)9-7-11)20-14-5-3-2-4-13(14)15(16,17)18/h6-10,13-14,20H,2-5H2,1H3. The van der Waals surface area contributed by atoms with E-state index in [4.69, 9.17) is 0 Å². The van der Waals surface area contributed by atoms with Gasteiger partial charge in [-0.1, -0.05) is 25.0 Å². The van der Waals surface area contributed by atoms with E-state index in [-0.39, 0.29) is 12.5 Å². The molecule has 1 aliphatic carbocycles. The van der Waals surface area contributed by atoms with Crippen LogP contribution in [0.25, 0.3) is 0 Å². The highest BCUT2D eigenvalue weighted by Gasteiger charge is 2.45. The molecule has 0 spiro atoms. The summed E-state index contributed by atoms with van der Waals surface area (Å²) in [4.78, 5) is 0. The first-order chi connectivity index (χ1) is 9.38. The fourth-order valence-corrected chi connectivity index (χ4v) is 3.25. The minimum absolute atomic E-state index is 0.0556. The van der Waals surface area contributed by atoms with Gasteiger partial charge in [0.2, 0.25) is 0 Å². The quantitative estimate of drug-likeness (QED) is 0.703. The maximum absolute atomic E-state index is 13.1. The van der Waals surface area contributed by atoms with Gasteiger partial charge in [-0.25, -0.2) is 0 Å². The summed E-state index contributed by atoms with van der Waals surface area (Å²) in [6.45, 7) is 1.93. The SMILES string of the molecule is CC(NC1CCCCC1C(F)(F)F)c1ccc(I)cc1. The van der Waals surface area contributed by atoms with Gasteiger partial charge in [-0.2, -0.15) is 13.2 Å². The lowest BCUT2D eigenvalue weighted by atomic mass is 9.83. The topological polar surface area (TPSA) is 12.0 Å². The third kappa shape index (κ3) is 4.10. The van der Waals surface area contributed by atoms with E-state index in [9.17, 15) is 13.2 Å². The first kappa shape index (κ1) is 16.1. The van der Waals surface area contributed by atoms with E-state index >= 15 is 0 Å². The van der Waals surface area contributed by atoms with Crippen LogP contribution < -0.4 is 5.32 Å². The average molecular weight is 397 g/mol. The average Bonchev–Trinajstić information content (AvgIpc) is 2.38. The van der Waals surface area contributed by atoms with E-state index in [2.05, 4.69) is 27.9 Å². The molecule has 0 heterocycles. The first-order valence-electron chi connectivity index (χ1n) is 6.96. The van der Waals surface area contributed by atoms with Crippen LogP contribution in [0.4, 0.5) is 13.2 Å². The van der Waals surface area contributed by atoms with E-state index in [1.807, 2.05) is 31.2 Å². The predicted octanol–water partition coefficient (Wildman–Crippen LogP) is 5.06. The molecule has 1 aromatic carbocycles. The zero-order chi connectivity index (χ0) is 14.8. The largest absolute Gasteiger partial charge is 0.393 e. The summed E-state index contributed by atoms with van der Waals surface area (Å²) in [5.74, 6) is -1.21. The third-order valence-electron chi connectivity index (χ3n) is 4.02. The minimum atomic E-state index is -4.09. The molecule has 2 rings (SSSR count). The smallest absolute Gasteiger partial charge is 0.307 e. The first-order valence-corrected chi connectivity index (χ1v) is 8.04. The van der Waals surface area contributed by atoms with Crippen molar-refractivity contribution < 1.29 is 13.2 Å². The number of hydrogen-bond acceptors (Lipinski definition) is 1. The van der Waals surface area contributed by atoms with Crippen LogP contribution in [0.2, 0.25) is 0 Å². The molecule has 1 saturated carbocycles. The highest BCUT2D eigenvalue weighted by Crippen LogP contribution is 2.38. The van der Waals surface area contributed by atoms with Crippen molar-refractivity contribution in [3.05, 3.63) is 33.4 Å². The van der Waals surface area contributed by atoms with E-state index in [1.54, 1.807) is 0 Å². The summed E-state index contributed by atoms with van der Waals surface area (Å²) in [5, 5.41) is 3.19. The third-order valence-corrected chi connectivity index (χ3v) is 4.74. The Hall–Kier alpha value is -0.300. The van der Waals surface area contributed by atoms with Crippen molar-refractivity contribution in [2.45, 2.75) is 50.9 Å². The van der Waals surface area contributed by atoms with Crippen LogP contribution >= 0.6 is 22.6 Å². The molecule has 1 N–H and O–H groups in total. The van der Waals surface area contributed by atoms with Gasteiger partial charge in [0, 0.05) is 15.7 Å². The Morgan fingerprint density at radius 3 is 2.35 bits per heavy atom. The highest BCUT2D eigenvalue weighted by molar-refractivity contribution is 14.1. The van der Waals surface area contributed by atoms with E-state index in [0.717, 1.165) is 15.6 Å². The summed E-state index contributed by atoms with van der Waals surface area (Å²) in [7, 11) is 0. The molecule has 3 atom stereocenters. The molecule has 0 bridgehead atoms. The molecule has 0 aromatic heterocycles. The summed E-state index contributed by atoms with van der Waals surface area (Å²) < 4.78 is 40.3. The van der Waals surface area contributed by atoms with Crippen LogP contribution in [0, 0.1) is 9.49 Å². The Morgan fingerprint density at radius 2 is 1.75 bits per heavy atom. The van der Waals surface area contributed by atoms with Gasteiger partial charge in [-0.05, 0) is 60.1 Å². The fourth-order valence-electron chi connectivity index (χ4n) is 2.89. The highest BCUT2D eigenvalue weighted by atomic mass is 127. The van der Waals surface area contributed by atoms with E-state index < -0.39 is 18.1 Å². The zero-order valence-corrected chi connectivity index (χ0v) is 13.5. The lowest BCUT2D eigenvalue weighted by Gasteiger charge is -2.35. The van der Waals surface area contributed by atoms with Gasteiger partial charge in [-0.15, -0.1) is 0 Å². The summed E-state index contributed by atoms with van der Waals surface area (Å²) >= 11 is 2.22. The molecule has 5 heteroatoms. The van der Waals surface area contributed by atoms with E-state index in [0.29, 0.717) is 12.8 Å². The number of halogens is 4. The van der Waals surface area contributed by atoms with Crippen molar-refractivity contribution in [2.24, 2.45) is 5.92 Å². The molecule has 0 saturated heterocycles. The zero-order valence-electron chi connectivity index (χ0n) is 11.4. The maximum Gasteiger partial charge on any atom is 0.393 e. The van der Waals surface area contributed by atoms with Gasteiger partial charge in [-0.3, -0.25) is 0 Å². The molecule has 0 amide bonds. The van der Waals surface area contributed by atoms with Gasteiger partial charge < -0.3 is 5.32 Å². The van der Waals surface area contributed by atoms with Gasteiger partial charge >= 0.3 is 6.18 Å². The van der Waals surface area contributed by atoms with Gasteiger partial charge in [0.25, 0.3) is 0 Å². The molecule has 20 heavy (non-hydrogen) atoms. The molecule has 0 radical (unpaired) electrons. The number of hydrogen-bond donors (Lipinski definition) is 1. The van der Waals surface area contributed by atoms with Crippen LogP contribution in [-0.2, 0) is 0 Å². The number of nitrogens with one attached hydrogen (secondary N) is 1. The Kier molecular flexibility index (Phi) is 5.34. The normalized spacial score (nSPS) is 25.4. The molecule has 3 unspecified atom stereocenters. The fraction of sp³-hybridized carbons (Fsp3) is 0.600. The Morgan fingerprint density at radius 1 is 1.15 bits per heavy atom. The summed E-state index contributed by atoms with van der Waals surface area (Å²) in [6, 6.07) is 7.40. The molecular formula is C15H19F3IN. The molecule has 1 aromatic rings. The second-order valence-corrected chi connectivity index (χ2v) is 6.72. The van der Waals surface area contributed by atoms with Crippen LogP contribution in [0.5, 0.6) is 0 Å².